The zero-order chi connectivity index (χ0) is 19.4. The van der Waals surface area contributed by atoms with E-state index in [2.05, 4.69) is 10.6 Å². The number of imide groups is 1. The summed E-state index contributed by atoms with van der Waals surface area (Å²) in [6.07, 6.45) is 0.373. The molecule has 27 heavy (non-hydrogen) atoms. The molecule has 3 rings (SSSR count). The molecule has 1 heterocycles. The van der Waals surface area contributed by atoms with Gasteiger partial charge in [-0.25, -0.2) is 9.18 Å². The first kappa shape index (κ1) is 18.6. The Bertz CT molecular complexity index is 870. The highest BCUT2D eigenvalue weighted by Crippen LogP contribution is 2.12. The largest absolute Gasteiger partial charge is 0.350 e. The van der Waals surface area contributed by atoms with E-state index in [1.165, 1.54) is 6.07 Å². The van der Waals surface area contributed by atoms with Crippen molar-refractivity contribution in [3.8, 4) is 0 Å². The lowest BCUT2D eigenvalue weighted by Gasteiger charge is -2.13. The monoisotopic (exact) mass is 369 g/mol. The molecule has 1 saturated heterocycles. The molecule has 140 valence electrons. The number of urea groups is 1. The SMILES string of the molecule is Cc1cc(CNC(=O)CN2C(=O)NC(Cc3ccccc3)C2=O)ccc1F. The Morgan fingerprint density at radius 1 is 1.15 bits per heavy atom. The predicted octanol–water partition coefficient (Wildman–Crippen LogP) is 1.91. The van der Waals surface area contributed by atoms with Crippen LogP contribution < -0.4 is 10.6 Å². The van der Waals surface area contributed by atoms with Crippen molar-refractivity contribution in [1.82, 2.24) is 15.5 Å². The van der Waals surface area contributed by atoms with Gasteiger partial charge >= 0.3 is 6.03 Å². The van der Waals surface area contributed by atoms with Gasteiger partial charge in [0.2, 0.25) is 5.91 Å². The van der Waals surface area contributed by atoms with Crippen LogP contribution in [0.15, 0.2) is 48.5 Å². The van der Waals surface area contributed by atoms with Gasteiger partial charge in [-0.05, 0) is 29.7 Å². The van der Waals surface area contributed by atoms with Crippen molar-refractivity contribution < 1.29 is 18.8 Å². The van der Waals surface area contributed by atoms with Crippen molar-refractivity contribution in [3.63, 3.8) is 0 Å². The second-order valence-corrected chi connectivity index (χ2v) is 6.48. The minimum absolute atomic E-state index is 0.192. The van der Waals surface area contributed by atoms with Gasteiger partial charge < -0.3 is 10.6 Å². The Morgan fingerprint density at radius 3 is 2.59 bits per heavy atom. The number of amides is 4. The number of carbonyl (C=O) groups is 3. The molecule has 2 aromatic rings. The number of aryl methyl sites for hydroxylation is 1. The third kappa shape index (κ3) is 4.49. The molecule has 1 atom stereocenters. The number of halogens is 1. The minimum Gasteiger partial charge on any atom is -0.350 e. The molecule has 0 saturated carbocycles. The van der Waals surface area contributed by atoms with E-state index in [4.69, 9.17) is 0 Å². The summed E-state index contributed by atoms with van der Waals surface area (Å²) in [5, 5.41) is 5.25. The molecule has 7 heteroatoms. The van der Waals surface area contributed by atoms with Crippen molar-refractivity contribution in [2.75, 3.05) is 6.54 Å². The number of rotatable bonds is 6. The van der Waals surface area contributed by atoms with Crippen molar-refractivity contribution >= 4 is 17.8 Å². The van der Waals surface area contributed by atoms with Gasteiger partial charge in [-0.2, -0.15) is 0 Å². The molecule has 2 aromatic carbocycles. The number of hydrogen-bond donors (Lipinski definition) is 2. The zero-order valence-electron chi connectivity index (χ0n) is 14.9. The molecule has 0 spiro atoms. The summed E-state index contributed by atoms with van der Waals surface area (Å²) in [5.41, 5.74) is 2.15. The molecular formula is C20H20FN3O3. The average Bonchev–Trinajstić information content (AvgIpc) is 2.91. The van der Waals surface area contributed by atoms with Crippen LogP contribution in [0.1, 0.15) is 16.7 Å². The van der Waals surface area contributed by atoms with E-state index in [1.807, 2.05) is 30.3 Å². The van der Waals surface area contributed by atoms with Crippen LogP contribution in [-0.2, 0) is 22.6 Å². The Morgan fingerprint density at radius 2 is 1.89 bits per heavy atom. The molecule has 4 amide bonds. The van der Waals surface area contributed by atoms with Gasteiger partial charge in [0, 0.05) is 13.0 Å². The van der Waals surface area contributed by atoms with Gasteiger partial charge in [0.1, 0.15) is 18.4 Å². The Hall–Kier alpha value is -3.22. The lowest BCUT2D eigenvalue weighted by Crippen LogP contribution is -2.41. The predicted molar refractivity (Wildman–Crippen MR) is 97.2 cm³/mol. The fourth-order valence-electron chi connectivity index (χ4n) is 2.93. The highest BCUT2D eigenvalue weighted by Gasteiger charge is 2.38. The van der Waals surface area contributed by atoms with Crippen LogP contribution in [-0.4, -0.2) is 35.3 Å². The van der Waals surface area contributed by atoms with Crippen LogP contribution in [0.4, 0.5) is 9.18 Å². The van der Waals surface area contributed by atoms with Gasteiger partial charge in [-0.15, -0.1) is 0 Å². The summed E-state index contributed by atoms with van der Waals surface area (Å²) in [6, 6.07) is 12.6. The van der Waals surface area contributed by atoms with Crippen molar-refractivity contribution in [2.45, 2.75) is 25.9 Å². The molecule has 1 aliphatic rings. The van der Waals surface area contributed by atoms with Crippen molar-refractivity contribution in [3.05, 3.63) is 71.0 Å². The highest BCUT2D eigenvalue weighted by atomic mass is 19.1. The third-order valence-electron chi connectivity index (χ3n) is 4.40. The summed E-state index contributed by atoms with van der Waals surface area (Å²) >= 11 is 0. The summed E-state index contributed by atoms with van der Waals surface area (Å²) in [4.78, 5) is 37.5. The van der Waals surface area contributed by atoms with E-state index < -0.39 is 23.9 Å². The zero-order valence-corrected chi connectivity index (χ0v) is 14.9. The second-order valence-electron chi connectivity index (χ2n) is 6.48. The third-order valence-corrected chi connectivity index (χ3v) is 4.40. The summed E-state index contributed by atoms with van der Waals surface area (Å²) in [5.74, 6) is -1.19. The molecule has 1 unspecified atom stereocenters. The van der Waals surface area contributed by atoms with E-state index in [1.54, 1.807) is 19.1 Å². The van der Waals surface area contributed by atoms with Gasteiger partial charge in [-0.3, -0.25) is 14.5 Å². The maximum atomic E-state index is 13.3. The van der Waals surface area contributed by atoms with E-state index in [0.29, 0.717) is 12.0 Å². The van der Waals surface area contributed by atoms with Crippen LogP contribution in [0.5, 0.6) is 0 Å². The second kappa shape index (κ2) is 7.99. The van der Waals surface area contributed by atoms with Crippen LogP contribution in [0, 0.1) is 12.7 Å². The first-order valence-electron chi connectivity index (χ1n) is 8.61. The van der Waals surface area contributed by atoms with Gasteiger partial charge in [0.05, 0.1) is 0 Å². The molecule has 0 aromatic heterocycles. The smallest absolute Gasteiger partial charge is 0.325 e. The molecule has 2 N–H and O–H groups in total. The quantitative estimate of drug-likeness (QED) is 0.764. The fourth-order valence-corrected chi connectivity index (χ4v) is 2.93. The minimum atomic E-state index is -0.674. The molecule has 1 fully saturated rings. The fraction of sp³-hybridized carbons (Fsp3) is 0.250. The maximum absolute atomic E-state index is 13.3. The first-order valence-corrected chi connectivity index (χ1v) is 8.61. The van der Waals surface area contributed by atoms with Crippen LogP contribution in [0.2, 0.25) is 0 Å². The number of hydrogen-bond acceptors (Lipinski definition) is 3. The number of nitrogens with one attached hydrogen (secondary N) is 2. The average molecular weight is 369 g/mol. The number of nitrogens with zero attached hydrogens (tertiary/aromatic N) is 1. The Labute approximate surface area is 156 Å². The summed E-state index contributed by atoms with van der Waals surface area (Å²) < 4.78 is 13.3. The molecule has 0 radical (unpaired) electrons. The van der Waals surface area contributed by atoms with Crippen LogP contribution in [0.25, 0.3) is 0 Å². The molecule has 0 bridgehead atoms. The molecule has 6 nitrogen and oxygen atoms in total. The normalized spacial score (nSPS) is 16.4. The van der Waals surface area contributed by atoms with Crippen molar-refractivity contribution in [2.24, 2.45) is 0 Å². The molecule has 1 aliphatic heterocycles. The Balaban J connectivity index is 1.54. The topological polar surface area (TPSA) is 78.5 Å². The standard InChI is InChI=1S/C20H20FN3O3/c1-13-9-15(7-8-16(13)21)11-22-18(25)12-24-19(26)17(23-20(24)27)10-14-5-3-2-4-6-14/h2-9,17H,10-12H2,1H3,(H,22,25)(H,23,27). The van der Waals surface area contributed by atoms with Crippen LogP contribution >= 0.6 is 0 Å². The number of carbonyl (C=O) groups excluding carboxylic acids is 3. The molecular weight excluding hydrogens is 349 g/mol. The van der Waals surface area contributed by atoms with Gasteiger partial charge in [0.15, 0.2) is 0 Å². The van der Waals surface area contributed by atoms with Gasteiger partial charge in [-0.1, -0.05) is 42.5 Å². The summed E-state index contributed by atoms with van der Waals surface area (Å²) in [6.45, 7) is 1.48. The van der Waals surface area contributed by atoms with E-state index in [0.717, 1.165) is 16.0 Å². The summed E-state index contributed by atoms with van der Waals surface area (Å²) in [7, 11) is 0. The van der Waals surface area contributed by atoms with E-state index >= 15 is 0 Å². The van der Waals surface area contributed by atoms with E-state index in [-0.39, 0.29) is 18.9 Å². The Kier molecular flexibility index (Phi) is 5.49. The lowest BCUT2D eigenvalue weighted by atomic mass is 10.1. The number of benzene rings is 2. The first-order chi connectivity index (χ1) is 12.9. The van der Waals surface area contributed by atoms with Crippen LogP contribution in [0.3, 0.4) is 0 Å². The van der Waals surface area contributed by atoms with Crippen molar-refractivity contribution in [1.29, 1.82) is 0 Å². The van der Waals surface area contributed by atoms with Gasteiger partial charge in [0.25, 0.3) is 5.91 Å². The molecule has 0 aliphatic carbocycles. The maximum Gasteiger partial charge on any atom is 0.325 e. The highest BCUT2D eigenvalue weighted by molar-refractivity contribution is 6.06. The lowest BCUT2D eigenvalue weighted by molar-refractivity contribution is -0.132. The van der Waals surface area contributed by atoms with E-state index in [9.17, 15) is 18.8 Å².